The third-order valence-corrected chi connectivity index (χ3v) is 1.39. The van der Waals surface area contributed by atoms with Crippen LogP contribution < -0.4 is 0 Å². The molecule has 0 aromatic carbocycles. The highest BCUT2D eigenvalue weighted by Gasteiger charge is 2.21. The van der Waals surface area contributed by atoms with E-state index in [1.807, 2.05) is 6.92 Å². The maximum absolute atomic E-state index is 10.8. The molecular weight excluding hydrogens is 148 g/mol. The van der Waals surface area contributed by atoms with Crippen LogP contribution in [0.3, 0.4) is 0 Å². The van der Waals surface area contributed by atoms with Gasteiger partial charge in [-0.05, 0) is 6.42 Å². The monoisotopic (exact) mass is 162 g/mol. The lowest BCUT2D eigenvalue weighted by Gasteiger charge is -2.10. The molecule has 0 heterocycles. The highest BCUT2D eigenvalue weighted by molar-refractivity contribution is 5.86. The lowest BCUT2D eigenvalue weighted by Crippen LogP contribution is -2.34. The molecule has 2 unspecified atom stereocenters. The van der Waals surface area contributed by atoms with Crippen LogP contribution in [0.25, 0.3) is 0 Å². The molecule has 0 aliphatic rings. The van der Waals surface area contributed by atoms with Gasteiger partial charge in [0, 0.05) is 0 Å². The Labute approximate surface area is 65.5 Å². The molecule has 0 saturated carbocycles. The molecule has 0 saturated heterocycles. The van der Waals surface area contributed by atoms with E-state index in [1.54, 1.807) is 0 Å². The van der Waals surface area contributed by atoms with Gasteiger partial charge in [-0.2, -0.15) is 0 Å². The van der Waals surface area contributed by atoms with Crippen molar-refractivity contribution in [3.8, 4) is 0 Å². The molecule has 0 aliphatic carbocycles. The molecule has 0 aromatic heterocycles. The molecule has 0 fully saturated rings. The summed E-state index contributed by atoms with van der Waals surface area (Å²) in [6.45, 7) is 1.20. The first-order valence-electron chi connectivity index (χ1n) is 3.64. The van der Waals surface area contributed by atoms with Gasteiger partial charge in [0.1, 0.15) is 12.2 Å². The fourth-order valence-electron chi connectivity index (χ4n) is 0.728. The Hall–Kier alpha value is -0.450. The highest BCUT2D eigenvalue weighted by Crippen LogP contribution is 2.00. The van der Waals surface area contributed by atoms with Crippen molar-refractivity contribution in [1.29, 1.82) is 0 Å². The van der Waals surface area contributed by atoms with Crippen LogP contribution in [0.4, 0.5) is 0 Å². The Morgan fingerprint density at radius 3 is 2.27 bits per heavy atom. The average Bonchev–Trinajstić information content (AvgIpc) is 2.02. The van der Waals surface area contributed by atoms with Crippen molar-refractivity contribution < 1.29 is 20.1 Å². The summed E-state index contributed by atoms with van der Waals surface area (Å²) < 4.78 is 0. The van der Waals surface area contributed by atoms with Crippen molar-refractivity contribution in [1.82, 2.24) is 0 Å². The van der Waals surface area contributed by atoms with Crippen molar-refractivity contribution in [2.24, 2.45) is 0 Å². The Kier molecular flexibility index (Phi) is 5.02. The zero-order chi connectivity index (χ0) is 8.85. The van der Waals surface area contributed by atoms with Gasteiger partial charge in [0.2, 0.25) is 0 Å². The Balaban J connectivity index is 3.81. The first-order valence-corrected chi connectivity index (χ1v) is 3.64. The minimum atomic E-state index is -1.43. The number of carbonyl (C=O) groups excluding carboxylic acids is 1. The summed E-state index contributed by atoms with van der Waals surface area (Å²) in [5, 5.41) is 26.1. The molecule has 3 N–H and O–H groups in total. The predicted molar refractivity (Wildman–Crippen MR) is 39.0 cm³/mol. The smallest absolute Gasteiger partial charge is 0.191 e. The molecule has 0 amide bonds. The van der Waals surface area contributed by atoms with Crippen LogP contribution in [-0.4, -0.2) is 39.9 Å². The van der Waals surface area contributed by atoms with Crippen molar-refractivity contribution in [2.75, 3.05) is 6.61 Å². The summed E-state index contributed by atoms with van der Waals surface area (Å²) in [5.74, 6) is -0.700. The van der Waals surface area contributed by atoms with Crippen LogP contribution >= 0.6 is 0 Å². The van der Waals surface area contributed by atoms with E-state index in [0.717, 1.165) is 0 Å². The molecule has 0 radical (unpaired) electrons. The molecule has 0 rings (SSSR count). The van der Waals surface area contributed by atoms with E-state index < -0.39 is 24.6 Å². The maximum Gasteiger partial charge on any atom is 0.191 e. The minimum absolute atomic E-state index is 0.329. The van der Waals surface area contributed by atoms with Gasteiger partial charge in [0.05, 0.1) is 6.61 Å². The van der Waals surface area contributed by atoms with Crippen LogP contribution in [0.15, 0.2) is 0 Å². The molecule has 11 heavy (non-hydrogen) atoms. The molecule has 0 spiro atoms. The maximum atomic E-state index is 10.8. The van der Waals surface area contributed by atoms with Gasteiger partial charge in [0.15, 0.2) is 5.78 Å². The predicted octanol–water partition coefficient (Wildman–Crippen LogP) is -0.930. The van der Waals surface area contributed by atoms with Crippen LogP contribution in [0.2, 0.25) is 0 Å². The van der Waals surface area contributed by atoms with E-state index in [-0.39, 0.29) is 0 Å². The zero-order valence-corrected chi connectivity index (χ0v) is 6.53. The Bertz CT molecular complexity index is 124. The lowest BCUT2D eigenvalue weighted by molar-refractivity contribution is -0.137. The van der Waals surface area contributed by atoms with E-state index >= 15 is 0 Å². The SMILES string of the molecule is CCCC(O)C(=O)C(O)CO. The van der Waals surface area contributed by atoms with Gasteiger partial charge in [0.25, 0.3) is 0 Å². The van der Waals surface area contributed by atoms with E-state index in [9.17, 15) is 4.79 Å². The van der Waals surface area contributed by atoms with Gasteiger partial charge >= 0.3 is 0 Å². The number of ketones is 1. The first-order chi connectivity index (χ1) is 5.13. The summed E-state index contributed by atoms with van der Waals surface area (Å²) in [7, 11) is 0. The highest BCUT2D eigenvalue weighted by atomic mass is 16.3. The van der Waals surface area contributed by atoms with E-state index in [2.05, 4.69) is 0 Å². The second-order valence-corrected chi connectivity index (χ2v) is 2.41. The number of aliphatic hydroxyl groups is 3. The van der Waals surface area contributed by atoms with Gasteiger partial charge in [-0.3, -0.25) is 4.79 Å². The summed E-state index contributed by atoms with van der Waals surface area (Å²) in [4.78, 5) is 10.8. The van der Waals surface area contributed by atoms with E-state index in [4.69, 9.17) is 15.3 Å². The fourth-order valence-corrected chi connectivity index (χ4v) is 0.728. The minimum Gasteiger partial charge on any atom is -0.393 e. The van der Waals surface area contributed by atoms with E-state index in [1.165, 1.54) is 0 Å². The van der Waals surface area contributed by atoms with Gasteiger partial charge in [-0.1, -0.05) is 13.3 Å². The Morgan fingerprint density at radius 2 is 1.91 bits per heavy atom. The molecule has 0 aromatic rings. The number of aliphatic hydroxyl groups excluding tert-OH is 3. The van der Waals surface area contributed by atoms with Crippen LogP contribution in [0, 0.1) is 0 Å². The standard InChI is InChI=1S/C7H14O4/c1-2-3-5(9)7(11)6(10)4-8/h5-6,8-10H,2-4H2,1H3. The summed E-state index contributed by atoms with van der Waals surface area (Å²) in [6.07, 6.45) is -1.57. The normalized spacial score (nSPS) is 16.0. The number of Topliss-reactive ketones (excluding diaryl/α,β-unsaturated/α-hetero) is 1. The van der Waals surface area contributed by atoms with E-state index in [0.29, 0.717) is 12.8 Å². The summed E-state index contributed by atoms with van der Waals surface area (Å²) in [5.41, 5.74) is 0. The lowest BCUT2D eigenvalue weighted by atomic mass is 10.1. The number of carbonyl (C=O) groups is 1. The van der Waals surface area contributed by atoms with Gasteiger partial charge in [-0.15, -0.1) is 0 Å². The molecule has 0 aliphatic heterocycles. The van der Waals surface area contributed by atoms with Crippen LogP contribution in [0.5, 0.6) is 0 Å². The fraction of sp³-hybridized carbons (Fsp3) is 0.857. The van der Waals surface area contributed by atoms with Crippen molar-refractivity contribution in [2.45, 2.75) is 32.0 Å². The quantitative estimate of drug-likeness (QED) is 0.488. The topological polar surface area (TPSA) is 77.8 Å². The summed E-state index contributed by atoms with van der Waals surface area (Å²) >= 11 is 0. The van der Waals surface area contributed by atoms with Gasteiger partial charge in [-0.25, -0.2) is 0 Å². The Morgan fingerprint density at radius 1 is 1.36 bits per heavy atom. The average molecular weight is 162 g/mol. The molecule has 2 atom stereocenters. The van der Waals surface area contributed by atoms with Crippen molar-refractivity contribution in [3.05, 3.63) is 0 Å². The largest absolute Gasteiger partial charge is 0.393 e. The third kappa shape index (κ3) is 3.46. The molecule has 4 nitrogen and oxygen atoms in total. The number of rotatable bonds is 5. The van der Waals surface area contributed by atoms with Crippen molar-refractivity contribution in [3.63, 3.8) is 0 Å². The first kappa shape index (κ1) is 10.6. The van der Waals surface area contributed by atoms with Crippen LogP contribution in [0.1, 0.15) is 19.8 Å². The summed E-state index contributed by atoms with van der Waals surface area (Å²) in [6, 6.07) is 0. The molecule has 66 valence electrons. The van der Waals surface area contributed by atoms with Crippen LogP contribution in [-0.2, 0) is 4.79 Å². The molecule has 0 bridgehead atoms. The number of hydrogen-bond acceptors (Lipinski definition) is 4. The van der Waals surface area contributed by atoms with Crippen molar-refractivity contribution >= 4 is 5.78 Å². The van der Waals surface area contributed by atoms with Gasteiger partial charge < -0.3 is 15.3 Å². The second kappa shape index (κ2) is 5.23. The molecule has 4 heteroatoms. The second-order valence-electron chi connectivity index (χ2n) is 2.41. The number of hydrogen-bond donors (Lipinski definition) is 3. The zero-order valence-electron chi connectivity index (χ0n) is 6.53. The molecular formula is C7H14O4. The third-order valence-electron chi connectivity index (χ3n) is 1.39.